The molecule has 114 valence electrons. The second-order valence-electron chi connectivity index (χ2n) is 5.43. The molecule has 1 amide bonds. The predicted octanol–water partition coefficient (Wildman–Crippen LogP) is 3.21. The van der Waals surface area contributed by atoms with Gasteiger partial charge in [-0.15, -0.1) is 12.4 Å². The average molecular weight is 365 g/mol. The van der Waals surface area contributed by atoms with Crippen LogP contribution in [0.5, 0.6) is 0 Å². The summed E-state index contributed by atoms with van der Waals surface area (Å²) >= 11 is 3.46. The number of likely N-dealkylation sites (tertiary alicyclic amines) is 1. The van der Waals surface area contributed by atoms with Gasteiger partial charge in [-0.1, -0.05) is 0 Å². The van der Waals surface area contributed by atoms with Gasteiger partial charge in [0.2, 0.25) is 0 Å². The smallest absolute Gasteiger partial charge is 0.270 e. The molecule has 0 bridgehead atoms. The molecule has 4 nitrogen and oxygen atoms in total. The molecule has 0 aromatic carbocycles. The van der Waals surface area contributed by atoms with Gasteiger partial charge in [-0.3, -0.25) is 4.79 Å². The Morgan fingerprint density at radius 2 is 2.20 bits per heavy atom. The lowest BCUT2D eigenvalue weighted by molar-refractivity contribution is 0.0610. The van der Waals surface area contributed by atoms with Crippen LogP contribution in [0.25, 0.3) is 0 Å². The van der Waals surface area contributed by atoms with Gasteiger partial charge >= 0.3 is 0 Å². The SMILES string of the molecule is CC(C)n1cc(Br)cc1C(=O)N1CCCCC1CN.Cl. The zero-order valence-electron chi connectivity index (χ0n) is 12.0. The number of carbonyl (C=O) groups is 1. The van der Waals surface area contributed by atoms with Crippen molar-refractivity contribution in [2.45, 2.75) is 45.2 Å². The number of piperidine rings is 1. The van der Waals surface area contributed by atoms with Crippen LogP contribution in [0.4, 0.5) is 0 Å². The normalized spacial score (nSPS) is 19.1. The van der Waals surface area contributed by atoms with Crippen molar-refractivity contribution in [3.8, 4) is 0 Å². The fourth-order valence-corrected chi connectivity index (χ4v) is 3.14. The van der Waals surface area contributed by atoms with Gasteiger partial charge in [0.25, 0.3) is 5.91 Å². The molecule has 0 spiro atoms. The molecular weight excluding hydrogens is 342 g/mol. The van der Waals surface area contributed by atoms with Crippen LogP contribution in [-0.2, 0) is 0 Å². The van der Waals surface area contributed by atoms with Crippen LogP contribution >= 0.6 is 28.3 Å². The zero-order chi connectivity index (χ0) is 14.0. The average Bonchev–Trinajstić information content (AvgIpc) is 2.80. The highest BCUT2D eigenvalue weighted by atomic mass is 79.9. The van der Waals surface area contributed by atoms with Crippen molar-refractivity contribution in [3.63, 3.8) is 0 Å². The number of carbonyl (C=O) groups excluding carboxylic acids is 1. The van der Waals surface area contributed by atoms with E-state index in [1.165, 1.54) is 6.42 Å². The molecule has 1 atom stereocenters. The van der Waals surface area contributed by atoms with Crippen LogP contribution in [0.15, 0.2) is 16.7 Å². The molecule has 1 fully saturated rings. The molecule has 2 N–H and O–H groups in total. The molecule has 2 heterocycles. The lowest BCUT2D eigenvalue weighted by Crippen LogP contribution is -2.47. The highest BCUT2D eigenvalue weighted by molar-refractivity contribution is 9.10. The van der Waals surface area contributed by atoms with E-state index in [4.69, 9.17) is 5.73 Å². The molecule has 1 saturated heterocycles. The maximum Gasteiger partial charge on any atom is 0.270 e. The number of nitrogens with two attached hydrogens (primary N) is 1. The topological polar surface area (TPSA) is 51.3 Å². The van der Waals surface area contributed by atoms with Gasteiger partial charge < -0.3 is 15.2 Å². The van der Waals surface area contributed by atoms with E-state index in [1.807, 2.05) is 21.7 Å². The number of amides is 1. The molecule has 1 aliphatic heterocycles. The van der Waals surface area contributed by atoms with Crippen LogP contribution in [-0.4, -0.2) is 34.5 Å². The number of nitrogens with zero attached hydrogens (tertiary/aromatic N) is 2. The van der Waals surface area contributed by atoms with E-state index in [1.54, 1.807) is 0 Å². The number of halogens is 2. The second kappa shape index (κ2) is 7.48. The minimum atomic E-state index is 0. The number of aromatic nitrogens is 1. The number of rotatable bonds is 3. The summed E-state index contributed by atoms with van der Waals surface area (Å²) in [7, 11) is 0. The van der Waals surface area contributed by atoms with Gasteiger partial charge in [-0.05, 0) is 55.1 Å². The van der Waals surface area contributed by atoms with E-state index >= 15 is 0 Å². The van der Waals surface area contributed by atoms with Gasteiger partial charge in [-0.2, -0.15) is 0 Å². The molecule has 20 heavy (non-hydrogen) atoms. The third-order valence-corrected chi connectivity index (χ3v) is 4.18. The minimum Gasteiger partial charge on any atom is -0.340 e. The van der Waals surface area contributed by atoms with Crippen molar-refractivity contribution in [3.05, 3.63) is 22.4 Å². The molecule has 1 unspecified atom stereocenters. The zero-order valence-corrected chi connectivity index (χ0v) is 14.4. The lowest BCUT2D eigenvalue weighted by atomic mass is 10.0. The first kappa shape index (κ1) is 17.5. The summed E-state index contributed by atoms with van der Waals surface area (Å²) in [5.41, 5.74) is 6.55. The standard InChI is InChI=1S/C14H22BrN3O.ClH/c1-10(2)18-9-11(15)7-13(18)14(19)17-6-4-3-5-12(17)8-16;/h7,9-10,12H,3-6,8,16H2,1-2H3;1H. The van der Waals surface area contributed by atoms with E-state index in [0.717, 1.165) is 29.6 Å². The van der Waals surface area contributed by atoms with Gasteiger partial charge in [0.05, 0.1) is 0 Å². The summed E-state index contributed by atoms with van der Waals surface area (Å²) in [6, 6.07) is 2.37. The fraction of sp³-hybridized carbons (Fsp3) is 0.643. The van der Waals surface area contributed by atoms with Crippen molar-refractivity contribution >= 4 is 34.2 Å². The Labute approximate surface area is 135 Å². The monoisotopic (exact) mass is 363 g/mol. The Hall–Kier alpha value is -0.520. The summed E-state index contributed by atoms with van der Waals surface area (Å²) < 4.78 is 2.97. The first-order valence-electron chi connectivity index (χ1n) is 6.93. The molecule has 2 rings (SSSR count). The Morgan fingerprint density at radius 3 is 2.80 bits per heavy atom. The van der Waals surface area contributed by atoms with Gasteiger partial charge in [0.15, 0.2) is 0 Å². The van der Waals surface area contributed by atoms with Crippen LogP contribution in [0.1, 0.15) is 49.6 Å². The fourth-order valence-electron chi connectivity index (χ4n) is 2.70. The van der Waals surface area contributed by atoms with Crippen molar-refractivity contribution in [1.82, 2.24) is 9.47 Å². The molecule has 6 heteroatoms. The Bertz CT molecular complexity index is 461. The van der Waals surface area contributed by atoms with E-state index in [-0.39, 0.29) is 30.4 Å². The van der Waals surface area contributed by atoms with Crippen LogP contribution in [0, 0.1) is 0 Å². The highest BCUT2D eigenvalue weighted by Gasteiger charge is 2.28. The number of hydrogen-bond donors (Lipinski definition) is 1. The molecule has 1 aromatic heterocycles. The highest BCUT2D eigenvalue weighted by Crippen LogP contribution is 2.24. The molecule has 0 radical (unpaired) electrons. The van der Waals surface area contributed by atoms with Crippen LogP contribution in [0.2, 0.25) is 0 Å². The van der Waals surface area contributed by atoms with Gasteiger partial charge in [-0.25, -0.2) is 0 Å². The maximum absolute atomic E-state index is 12.7. The Morgan fingerprint density at radius 1 is 1.50 bits per heavy atom. The summed E-state index contributed by atoms with van der Waals surface area (Å²) in [4.78, 5) is 14.7. The van der Waals surface area contributed by atoms with Crippen molar-refractivity contribution in [2.75, 3.05) is 13.1 Å². The van der Waals surface area contributed by atoms with E-state index in [9.17, 15) is 4.79 Å². The Balaban J connectivity index is 0.00000200. The van der Waals surface area contributed by atoms with Crippen LogP contribution in [0.3, 0.4) is 0 Å². The summed E-state index contributed by atoms with van der Waals surface area (Å²) in [5.74, 6) is 0.106. The van der Waals surface area contributed by atoms with E-state index in [0.29, 0.717) is 6.54 Å². The van der Waals surface area contributed by atoms with Crippen LogP contribution < -0.4 is 5.73 Å². The molecule has 1 aromatic rings. The largest absolute Gasteiger partial charge is 0.340 e. The molecular formula is C14H23BrClN3O. The quantitative estimate of drug-likeness (QED) is 0.895. The second-order valence-corrected chi connectivity index (χ2v) is 6.34. The van der Waals surface area contributed by atoms with Crippen molar-refractivity contribution < 1.29 is 4.79 Å². The van der Waals surface area contributed by atoms with E-state index in [2.05, 4.69) is 29.8 Å². The van der Waals surface area contributed by atoms with Gasteiger partial charge in [0, 0.05) is 35.8 Å². The minimum absolute atomic E-state index is 0. The third kappa shape index (κ3) is 3.57. The molecule has 0 aliphatic carbocycles. The Kier molecular flexibility index (Phi) is 6.55. The third-order valence-electron chi connectivity index (χ3n) is 3.75. The molecule has 0 saturated carbocycles. The summed E-state index contributed by atoms with van der Waals surface area (Å²) in [6.07, 6.45) is 5.23. The first-order chi connectivity index (χ1) is 9.04. The maximum atomic E-state index is 12.7. The number of hydrogen-bond acceptors (Lipinski definition) is 2. The van der Waals surface area contributed by atoms with Crippen molar-refractivity contribution in [2.24, 2.45) is 5.73 Å². The van der Waals surface area contributed by atoms with Crippen molar-refractivity contribution in [1.29, 1.82) is 0 Å². The first-order valence-corrected chi connectivity index (χ1v) is 7.72. The van der Waals surface area contributed by atoms with Gasteiger partial charge in [0.1, 0.15) is 5.69 Å². The lowest BCUT2D eigenvalue weighted by Gasteiger charge is -2.35. The van der Waals surface area contributed by atoms with E-state index < -0.39 is 0 Å². The summed E-state index contributed by atoms with van der Waals surface area (Å²) in [5, 5.41) is 0. The molecule has 1 aliphatic rings. The summed E-state index contributed by atoms with van der Waals surface area (Å²) in [6.45, 7) is 5.54. The predicted molar refractivity (Wildman–Crippen MR) is 87.5 cm³/mol.